The second-order valence-corrected chi connectivity index (χ2v) is 4.67. The van der Waals surface area contributed by atoms with Crippen molar-refractivity contribution in [3.63, 3.8) is 0 Å². The number of hydrogen-bond acceptors (Lipinski definition) is 3. The van der Waals surface area contributed by atoms with Gasteiger partial charge in [0.2, 0.25) is 0 Å². The molecule has 0 radical (unpaired) electrons. The molecule has 1 aromatic rings. The van der Waals surface area contributed by atoms with Crippen LogP contribution in [0.25, 0.3) is 0 Å². The van der Waals surface area contributed by atoms with Crippen molar-refractivity contribution < 1.29 is 9.59 Å². The zero-order valence-corrected chi connectivity index (χ0v) is 11.5. The second-order valence-electron chi connectivity index (χ2n) is 4.67. The zero-order chi connectivity index (χ0) is 14.5. The number of piperazine rings is 1. The van der Waals surface area contributed by atoms with E-state index in [1.54, 1.807) is 0 Å². The van der Waals surface area contributed by atoms with Crippen LogP contribution in [0.15, 0.2) is 30.3 Å². The Bertz CT molecular complexity index is 536. The number of likely N-dealkylation sites (N-methyl/N-ethyl adjacent to an activating group) is 1. The van der Waals surface area contributed by atoms with E-state index in [9.17, 15) is 9.59 Å². The first-order valence-electron chi connectivity index (χ1n) is 6.70. The van der Waals surface area contributed by atoms with Crippen molar-refractivity contribution in [3.8, 4) is 6.07 Å². The number of carbonyl (C=O) groups excluding carboxylic acids is 2. The van der Waals surface area contributed by atoms with Gasteiger partial charge in [-0.3, -0.25) is 9.59 Å². The maximum absolute atomic E-state index is 12.2. The Balaban J connectivity index is 2.25. The number of nitriles is 1. The summed E-state index contributed by atoms with van der Waals surface area (Å²) in [6.07, 6.45) is 0.190. The van der Waals surface area contributed by atoms with Crippen molar-refractivity contribution in [1.82, 2.24) is 9.80 Å². The van der Waals surface area contributed by atoms with Crippen LogP contribution in [-0.4, -0.2) is 41.2 Å². The summed E-state index contributed by atoms with van der Waals surface area (Å²) in [5.41, 5.74) is 0.889. The SMILES string of the molecule is CCN1CCN(C(CC#N)c2ccccc2)C(=O)C1=O. The molecule has 1 aromatic carbocycles. The van der Waals surface area contributed by atoms with Crippen molar-refractivity contribution in [2.75, 3.05) is 19.6 Å². The third kappa shape index (κ3) is 2.64. The molecule has 0 aliphatic carbocycles. The van der Waals surface area contributed by atoms with Gasteiger partial charge in [-0.15, -0.1) is 0 Å². The minimum atomic E-state index is -0.512. The molecular formula is C15H17N3O2. The van der Waals surface area contributed by atoms with Gasteiger partial charge >= 0.3 is 11.8 Å². The molecule has 5 heteroatoms. The minimum Gasteiger partial charge on any atom is -0.333 e. The van der Waals surface area contributed by atoms with E-state index < -0.39 is 11.8 Å². The average Bonchev–Trinajstić information content (AvgIpc) is 2.49. The van der Waals surface area contributed by atoms with Gasteiger partial charge in [-0.25, -0.2) is 0 Å². The Hall–Kier alpha value is -2.35. The molecule has 0 spiro atoms. The molecule has 1 aliphatic rings. The van der Waals surface area contributed by atoms with Gasteiger partial charge in [0.05, 0.1) is 18.5 Å². The highest BCUT2D eigenvalue weighted by molar-refractivity contribution is 6.35. The van der Waals surface area contributed by atoms with Crippen LogP contribution in [0.5, 0.6) is 0 Å². The first kappa shape index (κ1) is 14.1. The maximum atomic E-state index is 12.2. The van der Waals surface area contributed by atoms with Gasteiger partial charge in [0.1, 0.15) is 0 Å². The number of nitrogens with zero attached hydrogens (tertiary/aromatic N) is 3. The summed E-state index contributed by atoms with van der Waals surface area (Å²) in [4.78, 5) is 27.2. The van der Waals surface area contributed by atoms with Crippen LogP contribution < -0.4 is 0 Å². The van der Waals surface area contributed by atoms with Crippen molar-refractivity contribution in [1.29, 1.82) is 5.26 Å². The molecule has 1 heterocycles. The van der Waals surface area contributed by atoms with Crippen LogP contribution in [0.1, 0.15) is 24.9 Å². The maximum Gasteiger partial charge on any atom is 0.312 e. The van der Waals surface area contributed by atoms with Crippen LogP contribution in [0.2, 0.25) is 0 Å². The molecule has 5 nitrogen and oxygen atoms in total. The molecule has 0 N–H and O–H groups in total. The molecule has 1 unspecified atom stereocenters. The summed E-state index contributed by atoms with van der Waals surface area (Å²) in [5.74, 6) is -0.986. The highest BCUT2D eigenvalue weighted by atomic mass is 16.2. The number of amides is 2. The van der Waals surface area contributed by atoms with E-state index in [0.29, 0.717) is 19.6 Å². The molecule has 0 saturated carbocycles. The molecular weight excluding hydrogens is 254 g/mol. The smallest absolute Gasteiger partial charge is 0.312 e. The summed E-state index contributed by atoms with van der Waals surface area (Å²) >= 11 is 0. The van der Waals surface area contributed by atoms with Gasteiger partial charge in [-0.1, -0.05) is 30.3 Å². The number of hydrogen-bond donors (Lipinski definition) is 0. The van der Waals surface area contributed by atoms with Crippen molar-refractivity contribution in [2.24, 2.45) is 0 Å². The Morgan fingerprint density at radius 3 is 2.50 bits per heavy atom. The predicted molar refractivity (Wildman–Crippen MR) is 73.4 cm³/mol. The molecule has 1 saturated heterocycles. The third-order valence-corrected chi connectivity index (χ3v) is 3.57. The fourth-order valence-corrected chi connectivity index (χ4v) is 2.46. The highest BCUT2D eigenvalue weighted by Gasteiger charge is 2.36. The Labute approximate surface area is 118 Å². The van der Waals surface area contributed by atoms with Crippen LogP contribution in [0.3, 0.4) is 0 Å². The standard InChI is InChI=1S/C15H17N3O2/c1-2-17-10-11-18(15(20)14(17)19)13(8-9-16)12-6-4-3-5-7-12/h3-7,13H,2,8,10-11H2,1H3. The van der Waals surface area contributed by atoms with Gasteiger partial charge in [0, 0.05) is 19.6 Å². The fraction of sp³-hybridized carbons (Fsp3) is 0.400. The van der Waals surface area contributed by atoms with Crippen LogP contribution in [0, 0.1) is 11.3 Å². The molecule has 20 heavy (non-hydrogen) atoms. The first-order valence-corrected chi connectivity index (χ1v) is 6.70. The zero-order valence-electron chi connectivity index (χ0n) is 11.5. The molecule has 2 rings (SSSR count). The van der Waals surface area contributed by atoms with E-state index in [4.69, 9.17) is 5.26 Å². The molecule has 0 bridgehead atoms. The number of carbonyl (C=O) groups is 2. The van der Waals surface area contributed by atoms with E-state index >= 15 is 0 Å². The molecule has 0 aromatic heterocycles. The summed E-state index contributed by atoms with van der Waals surface area (Å²) in [6, 6.07) is 11.1. The number of rotatable bonds is 4. The van der Waals surface area contributed by atoms with Crippen LogP contribution in [0.4, 0.5) is 0 Å². The summed E-state index contributed by atoms with van der Waals surface area (Å²) < 4.78 is 0. The van der Waals surface area contributed by atoms with Crippen molar-refractivity contribution in [3.05, 3.63) is 35.9 Å². The van der Waals surface area contributed by atoms with Gasteiger partial charge in [-0.2, -0.15) is 5.26 Å². The van der Waals surface area contributed by atoms with Gasteiger partial charge in [0.15, 0.2) is 0 Å². The van der Waals surface area contributed by atoms with Gasteiger partial charge in [0.25, 0.3) is 0 Å². The molecule has 1 fully saturated rings. The van der Waals surface area contributed by atoms with E-state index in [-0.39, 0.29) is 12.5 Å². The Morgan fingerprint density at radius 1 is 1.20 bits per heavy atom. The molecule has 2 amide bonds. The molecule has 1 atom stereocenters. The third-order valence-electron chi connectivity index (χ3n) is 3.57. The van der Waals surface area contributed by atoms with Crippen molar-refractivity contribution >= 4 is 11.8 Å². The Morgan fingerprint density at radius 2 is 1.90 bits per heavy atom. The molecule has 1 aliphatic heterocycles. The summed E-state index contributed by atoms with van der Waals surface area (Å²) in [7, 11) is 0. The monoisotopic (exact) mass is 271 g/mol. The lowest BCUT2D eigenvalue weighted by Crippen LogP contribution is -2.55. The minimum absolute atomic E-state index is 0.190. The van der Waals surface area contributed by atoms with E-state index in [0.717, 1.165) is 5.56 Å². The molecule has 104 valence electrons. The lowest BCUT2D eigenvalue weighted by atomic mass is 10.0. The van der Waals surface area contributed by atoms with E-state index in [1.165, 1.54) is 9.80 Å². The second kappa shape index (κ2) is 6.20. The topological polar surface area (TPSA) is 64.4 Å². The average molecular weight is 271 g/mol. The van der Waals surface area contributed by atoms with Gasteiger partial charge in [-0.05, 0) is 12.5 Å². The van der Waals surface area contributed by atoms with Gasteiger partial charge < -0.3 is 9.80 Å². The van der Waals surface area contributed by atoms with Crippen LogP contribution >= 0.6 is 0 Å². The Kier molecular flexibility index (Phi) is 4.36. The van der Waals surface area contributed by atoms with E-state index in [1.807, 2.05) is 37.3 Å². The summed E-state index contributed by atoms with van der Waals surface area (Å²) in [6.45, 7) is 3.38. The first-order chi connectivity index (χ1) is 9.69. The van der Waals surface area contributed by atoms with Crippen LogP contribution in [-0.2, 0) is 9.59 Å². The lowest BCUT2D eigenvalue weighted by Gasteiger charge is -2.37. The van der Waals surface area contributed by atoms with Crippen molar-refractivity contribution in [2.45, 2.75) is 19.4 Å². The normalized spacial score (nSPS) is 17.0. The number of benzene rings is 1. The summed E-state index contributed by atoms with van der Waals surface area (Å²) in [5, 5.41) is 9.00. The predicted octanol–water partition coefficient (Wildman–Crippen LogP) is 1.33. The quantitative estimate of drug-likeness (QED) is 0.776. The fourth-order valence-electron chi connectivity index (χ4n) is 2.46. The largest absolute Gasteiger partial charge is 0.333 e. The lowest BCUT2D eigenvalue weighted by molar-refractivity contribution is -0.157. The van der Waals surface area contributed by atoms with E-state index in [2.05, 4.69) is 6.07 Å². The highest BCUT2D eigenvalue weighted by Crippen LogP contribution is 2.26.